The summed E-state index contributed by atoms with van der Waals surface area (Å²) in [6.07, 6.45) is 0.858. The zero-order valence-corrected chi connectivity index (χ0v) is 16.2. The van der Waals surface area contributed by atoms with Crippen molar-refractivity contribution in [2.75, 3.05) is 6.61 Å². The van der Waals surface area contributed by atoms with E-state index in [-0.39, 0.29) is 23.7 Å². The molecule has 2 N–H and O–H groups in total. The molecule has 4 nitrogen and oxygen atoms in total. The van der Waals surface area contributed by atoms with Crippen molar-refractivity contribution in [1.82, 2.24) is 0 Å². The molecule has 1 aliphatic rings. The summed E-state index contributed by atoms with van der Waals surface area (Å²) in [5.41, 5.74) is -0.593. The van der Waals surface area contributed by atoms with Crippen LogP contribution in [0, 0.1) is 5.92 Å². The van der Waals surface area contributed by atoms with E-state index in [1.807, 2.05) is 19.9 Å². The quantitative estimate of drug-likeness (QED) is 0.601. The van der Waals surface area contributed by atoms with Gasteiger partial charge in [-0.25, -0.2) is 0 Å². The van der Waals surface area contributed by atoms with E-state index >= 15 is 0 Å². The summed E-state index contributed by atoms with van der Waals surface area (Å²) in [5.74, 6) is 0.0591. The molecule has 22 heavy (non-hydrogen) atoms. The van der Waals surface area contributed by atoms with Crippen molar-refractivity contribution in [3.8, 4) is 0 Å². The molecular weight excluding hydrogens is 296 g/mol. The molecular formula is C17H34O4Si. The Morgan fingerprint density at radius 2 is 2.00 bits per heavy atom. The average Bonchev–Trinajstić information content (AvgIpc) is 2.40. The molecule has 1 heterocycles. The van der Waals surface area contributed by atoms with Crippen LogP contribution in [0.4, 0.5) is 0 Å². The van der Waals surface area contributed by atoms with Crippen LogP contribution in [-0.2, 0) is 9.16 Å². The lowest BCUT2D eigenvalue weighted by molar-refractivity contribution is -0.234. The Kier molecular flexibility index (Phi) is 6.07. The maximum Gasteiger partial charge on any atom is 0.192 e. The van der Waals surface area contributed by atoms with Gasteiger partial charge in [-0.05, 0) is 25.1 Å². The molecule has 0 aromatic heterocycles. The molecule has 130 valence electrons. The van der Waals surface area contributed by atoms with E-state index < -0.39 is 26.1 Å². The van der Waals surface area contributed by atoms with Crippen LogP contribution >= 0.6 is 0 Å². The fraction of sp³-hybridized carbons (Fsp3) is 0.882. The Labute approximate surface area is 136 Å². The maximum atomic E-state index is 10.3. The van der Waals surface area contributed by atoms with E-state index in [0.29, 0.717) is 6.42 Å². The number of aliphatic hydroxyl groups excluding tert-OH is 2. The van der Waals surface area contributed by atoms with E-state index in [9.17, 15) is 10.2 Å². The van der Waals surface area contributed by atoms with E-state index in [0.717, 1.165) is 0 Å². The van der Waals surface area contributed by atoms with Crippen LogP contribution in [0.2, 0.25) is 18.1 Å². The maximum absolute atomic E-state index is 10.3. The number of hydrogen-bond acceptors (Lipinski definition) is 4. The molecule has 5 atom stereocenters. The predicted octanol–water partition coefficient (Wildman–Crippen LogP) is 3.10. The average molecular weight is 331 g/mol. The summed E-state index contributed by atoms with van der Waals surface area (Å²) in [6, 6.07) is 0. The minimum atomic E-state index is -1.99. The third-order valence-corrected chi connectivity index (χ3v) is 10.1. The van der Waals surface area contributed by atoms with Gasteiger partial charge in [0.25, 0.3) is 0 Å². The zero-order valence-electron chi connectivity index (χ0n) is 15.2. The lowest BCUT2D eigenvalue weighted by atomic mass is 9.79. The molecule has 1 aliphatic heterocycles. The monoisotopic (exact) mass is 330 g/mol. The Bertz CT molecular complexity index is 391. The third kappa shape index (κ3) is 3.82. The summed E-state index contributed by atoms with van der Waals surface area (Å²) < 4.78 is 12.7. The van der Waals surface area contributed by atoms with E-state index in [4.69, 9.17) is 9.16 Å². The minimum Gasteiger partial charge on any atom is -0.411 e. The fourth-order valence-electron chi connectivity index (χ4n) is 2.58. The van der Waals surface area contributed by atoms with Crippen molar-refractivity contribution in [3.63, 3.8) is 0 Å². The Hall–Kier alpha value is -0.203. The van der Waals surface area contributed by atoms with Crippen LogP contribution in [0.15, 0.2) is 12.7 Å². The molecule has 0 saturated carbocycles. The summed E-state index contributed by atoms with van der Waals surface area (Å²) in [6.45, 7) is 18.7. The lowest BCUT2D eigenvalue weighted by Gasteiger charge is -2.52. The van der Waals surface area contributed by atoms with Crippen LogP contribution in [0.5, 0.6) is 0 Å². The molecule has 0 unspecified atom stereocenters. The van der Waals surface area contributed by atoms with E-state index in [1.54, 1.807) is 0 Å². The standard InChI is InChI=1S/C17H34O4Si/c1-9-12(2)17(6)15(10-13(19)14(11-18)20-17)21-22(7,8)16(3,4)5/h9,12-15,18-19H,1,10-11H2,2-8H3/t12-,13+,14+,15-,17-/m0/s1. The van der Waals surface area contributed by atoms with Crippen LogP contribution in [-0.4, -0.2) is 49.1 Å². The summed E-state index contributed by atoms with van der Waals surface area (Å²) in [5, 5.41) is 19.8. The molecule has 0 aromatic rings. The zero-order chi connectivity index (χ0) is 17.3. The van der Waals surface area contributed by atoms with Gasteiger partial charge in [-0.15, -0.1) is 6.58 Å². The van der Waals surface area contributed by atoms with Gasteiger partial charge in [0, 0.05) is 12.3 Å². The molecule has 0 aromatic carbocycles. The first kappa shape index (κ1) is 19.8. The second kappa shape index (κ2) is 6.73. The van der Waals surface area contributed by atoms with Gasteiger partial charge in [0.1, 0.15) is 6.10 Å². The molecule has 0 radical (unpaired) electrons. The van der Waals surface area contributed by atoms with Crippen LogP contribution in [0.25, 0.3) is 0 Å². The van der Waals surface area contributed by atoms with Gasteiger partial charge >= 0.3 is 0 Å². The first-order valence-electron chi connectivity index (χ1n) is 8.16. The highest BCUT2D eigenvalue weighted by Gasteiger charge is 2.51. The molecule has 1 rings (SSSR count). The first-order valence-corrected chi connectivity index (χ1v) is 11.1. The fourth-order valence-corrected chi connectivity index (χ4v) is 3.97. The van der Waals surface area contributed by atoms with Crippen LogP contribution in [0.3, 0.4) is 0 Å². The van der Waals surface area contributed by atoms with Crippen molar-refractivity contribution in [3.05, 3.63) is 12.7 Å². The summed E-state index contributed by atoms with van der Waals surface area (Å²) >= 11 is 0. The van der Waals surface area contributed by atoms with Crippen LogP contribution in [0.1, 0.15) is 41.0 Å². The smallest absolute Gasteiger partial charge is 0.192 e. The third-order valence-electron chi connectivity index (χ3n) is 5.61. The van der Waals surface area contributed by atoms with E-state index in [2.05, 4.69) is 40.4 Å². The SMILES string of the molecule is C=C[C@H](C)[C@]1(C)O[C@H](CO)[C@H](O)C[C@@H]1O[Si](C)(C)C(C)(C)C. The van der Waals surface area contributed by atoms with Gasteiger partial charge in [-0.3, -0.25) is 0 Å². The van der Waals surface area contributed by atoms with Crippen molar-refractivity contribution in [2.45, 2.75) is 83.1 Å². The molecule has 0 aliphatic carbocycles. The molecule has 0 bridgehead atoms. The van der Waals surface area contributed by atoms with Gasteiger partial charge in [-0.2, -0.15) is 0 Å². The van der Waals surface area contributed by atoms with Gasteiger partial charge in [-0.1, -0.05) is 33.8 Å². The number of ether oxygens (including phenoxy) is 1. The second-order valence-corrected chi connectivity index (χ2v) is 13.0. The van der Waals surface area contributed by atoms with Gasteiger partial charge in [0.2, 0.25) is 0 Å². The van der Waals surface area contributed by atoms with Gasteiger partial charge in [0.05, 0.1) is 24.4 Å². The number of aliphatic hydroxyl groups is 2. The topological polar surface area (TPSA) is 58.9 Å². The number of hydrogen-bond donors (Lipinski definition) is 2. The van der Waals surface area contributed by atoms with Crippen molar-refractivity contribution < 1.29 is 19.4 Å². The normalized spacial score (nSPS) is 35.2. The molecule has 1 fully saturated rings. The van der Waals surface area contributed by atoms with Gasteiger partial charge in [0.15, 0.2) is 8.32 Å². The Morgan fingerprint density at radius 1 is 1.45 bits per heavy atom. The minimum absolute atomic E-state index is 0.0591. The highest BCUT2D eigenvalue weighted by atomic mass is 28.4. The van der Waals surface area contributed by atoms with Gasteiger partial charge < -0.3 is 19.4 Å². The largest absolute Gasteiger partial charge is 0.411 e. The highest BCUT2D eigenvalue weighted by molar-refractivity contribution is 6.74. The van der Waals surface area contributed by atoms with Crippen molar-refractivity contribution in [2.24, 2.45) is 5.92 Å². The van der Waals surface area contributed by atoms with Crippen molar-refractivity contribution >= 4 is 8.32 Å². The summed E-state index contributed by atoms with van der Waals surface area (Å²) in [7, 11) is -1.99. The molecule has 5 heteroatoms. The second-order valence-electron chi connectivity index (χ2n) is 8.22. The van der Waals surface area contributed by atoms with E-state index in [1.165, 1.54) is 0 Å². The Balaban J connectivity index is 3.10. The van der Waals surface area contributed by atoms with Crippen molar-refractivity contribution in [1.29, 1.82) is 0 Å². The molecule has 0 amide bonds. The summed E-state index contributed by atoms with van der Waals surface area (Å²) in [4.78, 5) is 0. The van der Waals surface area contributed by atoms with Crippen LogP contribution < -0.4 is 0 Å². The first-order chi connectivity index (χ1) is 9.89. The highest BCUT2D eigenvalue weighted by Crippen LogP contribution is 2.43. The Morgan fingerprint density at radius 3 is 2.41 bits per heavy atom. The predicted molar refractivity (Wildman–Crippen MR) is 92.4 cm³/mol. The number of rotatable bonds is 5. The molecule has 1 saturated heterocycles. The molecule has 0 spiro atoms. The lowest BCUT2D eigenvalue weighted by Crippen LogP contribution is -2.62.